The van der Waals surface area contributed by atoms with Crippen LogP contribution in [0.15, 0.2) is 17.5 Å². The molecule has 4 rings (SSSR count). The largest absolute Gasteiger partial charge is 0.339 e. The molecule has 6 heteroatoms. The Morgan fingerprint density at radius 1 is 1.32 bits per heavy atom. The molecule has 1 N–H and O–H groups in total. The number of nitrogens with zero attached hydrogens (tertiary/aromatic N) is 2. The molecule has 3 fully saturated rings. The Morgan fingerprint density at radius 3 is 2.96 bits per heavy atom. The molecular weight excluding hydrogens is 334 g/mol. The number of nitrogens with one attached hydrogen (secondary N) is 1. The van der Waals surface area contributed by atoms with Crippen molar-refractivity contribution in [2.45, 2.75) is 51.0 Å². The first-order valence-corrected chi connectivity index (χ1v) is 10.4. The van der Waals surface area contributed by atoms with Crippen LogP contribution in [0.4, 0.5) is 4.79 Å². The Kier molecular flexibility index (Phi) is 4.71. The highest BCUT2D eigenvalue weighted by molar-refractivity contribution is 7.09. The van der Waals surface area contributed by atoms with Crippen LogP contribution < -0.4 is 5.32 Å². The summed E-state index contributed by atoms with van der Waals surface area (Å²) in [6.07, 6.45) is 7.00. The average molecular weight is 362 g/mol. The van der Waals surface area contributed by atoms with Crippen molar-refractivity contribution in [3.05, 3.63) is 22.4 Å². The Hall–Kier alpha value is -1.56. The first kappa shape index (κ1) is 16.9. The maximum atomic E-state index is 12.6. The van der Waals surface area contributed by atoms with Gasteiger partial charge in [-0.2, -0.15) is 0 Å². The van der Waals surface area contributed by atoms with Crippen LogP contribution in [0.2, 0.25) is 0 Å². The molecule has 1 atom stereocenters. The highest BCUT2D eigenvalue weighted by atomic mass is 32.1. The minimum atomic E-state index is 0.0607. The van der Waals surface area contributed by atoms with Gasteiger partial charge in [0.1, 0.15) is 0 Å². The van der Waals surface area contributed by atoms with Gasteiger partial charge in [0, 0.05) is 48.9 Å². The van der Waals surface area contributed by atoms with Gasteiger partial charge in [0.05, 0.1) is 0 Å². The van der Waals surface area contributed by atoms with Gasteiger partial charge in [0.2, 0.25) is 5.91 Å². The summed E-state index contributed by atoms with van der Waals surface area (Å²) in [4.78, 5) is 30.2. The number of carbonyl (C=O) groups is 2. The summed E-state index contributed by atoms with van der Waals surface area (Å²) in [6, 6.07) is 4.70. The number of carbonyl (C=O) groups excluding carboxylic acids is 2. The molecule has 1 aromatic heterocycles. The van der Waals surface area contributed by atoms with Crippen molar-refractivity contribution in [2.24, 2.45) is 5.41 Å². The van der Waals surface area contributed by atoms with Crippen LogP contribution in [0, 0.1) is 5.41 Å². The summed E-state index contributed by atoms with van der Waals surface area (Å²) in [7, 11) is 0. The fraction of sp³-hybridized carbons (Fsp3) is 0.684. The van der Waals surface area contributed by atoms with Crippen LogP contribution in [0.1, 0.15) is 43.4 Å². The van der Waals surface area contributed by atoms with Gasteiger partial charge >= 0.3 is 6.03 Å². The summed E-state index contributed by atoms with van der Waals surface area (Å²) < 4.78 is 0. The van der Waals surface area contributed by atoms with E-state index in [0.717, 1.165) is 58.2 Å². The number of rotatable bonds is 4. The van der Waals surface area contributed by atoms with Gasteiger partial charge in [-0.25, -0.2) is 4.79 Å². The quantitative estimate of drug-likeness (QED) is 0.896. The minimum Gasteiger partial charge on any atom is -0.339 e. The molecule has 3 heterocycles. The van der Waals surface area contributed by atoms with Gasteiger partial charge in [-0.3, -0.25) is 4.79 Å². The summed E-state index contributed by atoms with van der Waals surface area (Å²) in [6.45, 7) is 3.18. The fourth-order valence-electron chi connectivity index (χ4n) is 4.34. The number of thiophene rings is 1. The van der Waals surface area contributed by atoms with Crippen LogP contribution >= 0.6 is 11.3 Å². The van der Waals surface area contributed by atoms with Gasteiger partial charge < -0.3 is 15.1 Å². The Bertz CT molecular complexity index is 629. The second-order valence-electron chi connectivity index (χ2n) is 7.84. The van der Waals surface area contributed by atoms with Crippen molar-refractivity contribution in [1.29, 1.82) is 0 Å². The molecule has 2 saturated heterocycles. The highest BCUT2D eigenvalue weighted by Gasteiger charge is 2.46. The molecule has 1 saturated carbocycles. The highest BCUT2D eigenvalue weighted by Crippen LogP contribution is 2.42. The second kappa shape index (κ2) is 6.98. The van der Waals surface area contributed by atoms with Gasteiger partial charge in [-0.05, 0) is 50.0 Å². The van der Waals surface area contributed by atoms with Crippen LogP contribution in [-0.2, 0) is 11.2 Å². The lowest BCUT2D eigenvalue weighted by molar-refractivity contribution is -0.139. The molecule has 3 amide bonds. The number of likely N-dealkylation sites (tertiary alicyclic amines) is 2. The van der Waals surface area contributed by atoms with E-state index >= 15 is 0 Å². The van der Waals surface area contributed by atoms with Crippen LogP contribution in [0.5, 0.6) is 0 Å². The number of hydrogen-bond acceptors (Lipinski definition) is 3. The second-order valence-corrected chi connectivity index (χ2v) is 8.87. The Morgan fingerprint density at radius 2 is 2.20 bits per heavy atom. The third kappa shape index (κ3) is 3.84. The number of urea groups is 1. The summed E-state index contributed by atoms with van der Waals surface area (Å²) in [5.41, 5.74) is 0.125. The molecule has 3 aliphatic rings. The molecular formula is C19H27N3O2S. The Labute approximate surface area is 153 Å². The third-order valence-electron chi connectivity index (χ3n) is 5.86. The first-order valence-electron chi connectivity index (χ1n) is 9.50. The summed E-state index contributed by atoms with van der Waals surface area (Å²) in [5.74, 6) is 0.325. The number of amides is 3. The van der Waals surface area contributed by atoms with Crippen molar-refractivity contribution >= 4 is 23.3 Å². The first-order chi connectivity index (χ1) is 12.2. The molecule has 136 valence electrons. The predicted molar refractivity (Wildman–Crippen MR) is 98.6 cm³/mol. The molecule has 1 spiro atoms. The minimum absolute atomic E-state index is 0.0607. The zero-order valence-corrected chi connectivity index (χ0v) is 15.5. The lowest BCUT2D eigenvalue weighted by Gasteiger charge is -2.48. The molecule has 0 unspecified atom stereocenters. The molecule has 0 radical (unpaired) electrons. The zero-order chi connectivity index (χ0) is 17.3. The van der Waals surface area contributed by atoms with E-state index < -0.39 is 0 Å². The van der Waals surface area contributed by atoms with E-state index in [0.29, 0.717) is 24.9 Å². The van der Waals surface area contributed by atoms with Crippen molar-refractivity contribution in [1.82, 2.24) is 15.1 Å². The standard InChI is InChI=1S/C19H27N3O2S/c23-17-6-9-19(14-22(17)15-4-5-15)8-2-11-21(13-19)18(24)20-10-7-16-3-1-12-25-16/h1,3,12,15H,2,4-11,13-14H2,(H,20,24)/t19-/m0/s1. The molecule has 1 aromatic rings. The summed E-state index contributed by atoms with van der Waals surface area (Å²) in [5, 5.41) is 5.15. The average Bonchev–Trinajstić information content (AvgIpc) is 3.34. The topological polar surface area (TPSA) is 52.7 Å². The maximum absolute atomic E-state index is 12.6. The molecule has 25 heavy (non-hydrogen) atoms. The zero-order valence-electron chi connectivity index (χ0n) is 14.7. The van der Waals surface area contributed by atoms with Crippen LogP contribution in [0.3, 0.4) is 0 Å². The molecule has 0 aromatic carbocycles. The number of hydrogen-bond donors (Lipinski definition) is 1. The SMILES string of the molecule is O=C(NCCc1cccs1)N1CCC[C@]2(CCC(=O)N(C3CC3)C2)C1. The van der Waals surface area contributed by atoms with E-state index in [2.05, 4.69) is 21.7 Å². The molecule has 2 aliphatic heterocycles. The van der Waals surface area contributed by atoms with Crippen molar-refractivity contribution < 1.29 is 9.59 Å². The molecule has 5 nitrogen and oxygen atoms in total. The van der Waals surface area contributed by atoms with Gasteiger partial charge in [0.25, 0.3) is 0 Å². The predicted octanol–water partition coefficient (Wildman–Crippen LogP) is 2.87. The lowest BCUT2D eigenvalue weighted by Crippen LogP contribution is -2.57. The monoisotopic (exact) mass is 361 g/mol. The molecule has 1 aliphatic carbocycles. The van der Waals surface area contributed by atoms with E-state index in [-0.39, 0.29) is 11.4 Å². The van der Waals surface area contributed by atoms with Gasteiger partial charge in [-0.1, -0.05) is 6.07 Å². The lowest BCUT2D eigenvalue weighted by atomic mass is 9.73. The van der Waals surface area contributed by atoms with E-state index in [1.807, 2.05) is 11.0 Å². The summed E-state index contributed by atoms with van der Waals surface area (Å²) >= 11 is 1.73. The van der Waals surface area contributed by atoms with E-state index in [4.69, 9.17) is 0 Å². The van der Waals surface area contributed by atoms with Gasteiger partial charge in [-0.15, -0.1) is 11.3 Å². The van der Waals surface area contributed by atoms with E-state index in [9.17, 15) is 9.59 Å². The smallest absolute Gasteiger partial charge is 0.317 e. The fourth-order valence-corrected chi connectivity index (χ4v) is 5.05. The van der Waals surface area contributed by atoms with Gasteiger partial charge in [0.15, 0.2) is 0 Å². The van der Waals surface area contributed by atoms with Crippen molar-refractivity contribution in [3.8, 4) is 0 Å². The number of piperidine rings is 2. The van der Waals surface area contributed by atoms with E-state index in [1.54, 1.807) is 11.3 Å². The third-order valence-corrected chi connectivity index (χ3v) is 6.80. The normalized spacial score (nSPS) is 27.0. The van der Waals surface area contributed by atoms with Crippen LogP contribution in [-0.4, -0.2) is 54.0 Å². The van der Waals surface area contributed by atoms with Crippen LogP contribution in [0.25, 0.3) is 0 Å². The Balaban J connectivity index is 1.32. The van der Waals surface area contributed by atoms with Crippen molar-refractivity contribution in [2.75, 3.05) is 26.2 Å². The van der Waals surface area contributed by atoms with E-state index in [1.165, 1.54) is 4.88 Å². The maximum Gasteiger partial charge on any atom is 0.317 e. The van der Waals surface area contributed by atoms with Crippen molar-refractivity contribution in [3.63, 3.8) is 0 Å². The molecule has 0 bridgehead atoms.